The van der Waals surface area contributed by atoms with Crippen LogP contribution >= 0.6 is 11.8 Å². The molecule has 0 aromatic heterocycles. The molecule has 78 valence electrons. The maximum absolute atomic E-state index is 11.4. The van der Waals surface area contributed by atoms with Gasteiger partial charge in [0.15, 0.2) is 5.17 Å². The van der Waals surface area contributed by atoms with E-state index < -0.39 is 0 Å². The van der Waals surface area contributed by atoms with E-state index in [0.29, 0.717) is 11.6 Å². The van der Waals surface area contributed by atoms with E-state index in [9.17, 15) is 4.79 Å². The molecular formula is C11H12N2OS. The minimum atomic E-state index is -0.132. The van der Waals surface area contributed by atoms with Crippen molar-refractivity contribution < 1.29 is 4.79 Å². The molecule has 0 bridgehead atoms. The molecule has 1 amide bonds. The SMILES string of the molecule is Cc1ccc(C[C@H]2SC(N)=NC2=O)cc1. The van der Waals surface area contributed by atoms with Gasteiger partial charge in [-0.15, -0.1) is 0 Å². The van der Waals surface area contributed by atoms with Gasteiger partial charge in [0.25, 0.3) is 5.91 Å². The molecule has 4 heteroatoms. The van der Waals surface area contributed by atoms with E-state index in [1.165, 1.54) is 17.3 Å². The molecule has 0 saturated carbocycles. The van der Waals surface area contributed by atoms with Crippen molar-refractivity contribution >= 4 is 22.8 Å². The Hall–Kier alpha value is -1.29. The van der Waals surface area contributed by atoms with Crippen molar-refractivity contribution in [3.05, 3.63) is 35.4 Å². The smallest absolute Gasteiger partial charge is 0.261 e. The minimum absolute atomic E-state index is 0.113. The third kappa shape index (κ3) is 2.39. The average molecular weight is 220 g/mol. The van der Waals surface area contributed by atoms with Crippen molar-refractivity contribution in [3.63, 3.8) is 0 Å². The number of thioether (sulfide) groups is 1. The van der Waals surface area contributed by atoms with Crippen LogP contribution in [0.5, 0.6) is 0 Å². The lowest BCUT2D eigenvalue weighted by molar-refractivity contribution is -0.117. The summed E-state index contributed by atoms with van der Waals surface area (Å²) in [5.41, 5.74) is 7.86. The van der Waals surface area contributed by atoms with Gasteiger partial charge in [0, 0.05) is 0 Å². The number of carbonyl (C=O) groups excluding carboxylic acids is 1. The van der Waals surface area contributed by atoms with Crippen LogP contribution in [0.15, 0.2) is 29.3 Å². The number of rotatable bonds is 2. The summed E-state index contributed by atoms with van der Waals surface area (Å²) in [6.07, 6.45) is 0.702. The lowest BCUT2D eigenvalue weighted by Gasteiger charge is -2.06. The maximum atomic E-state index is 11.4. The number of nitrogens with zero attached hydrogens (tertiary/aromatic N) is 1. The van der Waals surface area contributed by atoms with Gasteiger partial charge < -0.3 is 5.73 Å². The zero-order valence-corrected chi connectivity index (χ0v) is 9.25. The lowest BCUT2D eigenvalue weighted by Crippen LogP contribution is -2.14. The summed E-state index contributed by atoms with van der Waals surface area (Å²) >= 11 is 1.35. The Labute approximate surface area is 92.8 Å². The molecule has 3 nitrogen and oxygen atoms in total. The van der Waals surface area contributed by atoms with E-state index in [-0.39, 0.29) is 11.2 Å². The van der Waals surface area contributed by atoms with Gasteiger partial charge in [0.1, 0.15) is 0 Å². The minimum Gasteiger partial charge on any atom is -0.378 e. The highest BCUT2D eigenvalue weighted by atomic mass is 32.2. The summed E-state index contributed by atoms with van der Waals surface area (Å²) in [7, 11) is 0. The molecule has 2 N–H and O–H groups in total. The number of benzene rings is 1. The van der Waals surface area contributed by atoms with Crippen LogP contribution in [0.2, 0.25) is 0 Å². The molecule has 1 aliphatic rings. The standard InChI is InChI=1S/C11H12N2OS/c1-7-2-4-8(5-3-7)6-9-10(14)13-11(12)15-9/h2-5,9H,6H2,1H3,(H2,12,13,14)/t9-/m1/s1. The van der Waals surface area contributed by atoms with Crippen molar-refractivity contribution in [1.29, 1.82) is 0 Å². The van der Waals surface area contributed by atoms with Crippen LogP contribution in [0.3, 0.4) is 0 Å². The van der Waals surface area contributed by atoms with Crippen molar-refractivity contribution in [3.8, 4) is 0 Å². The predicted molar refractivity (Wildman–Crippen MR) is 62.9 cm³/mol. The molecule has 0 unspecified atom stereocenters. The van der Waals surface area contributed by atoms with Crippen LogP contribution in [0.1, 0.15) is 11.1 Å². The molecule has 0 spiro atoms. The molecule has 2 rings (SSSR count). The molecule has 0 radical (unpaired) electrons. The molecule has 1 aromatic carbocycles. The topological polar surface area (TPSA) is 55.4 Å². The van der Waals surface area contributed by atoms with Crippen molar-refractivity contribution in [1.82, 2.24) is 0 Å². The van der Waals surface area contributed by atoms with E-state index in [1.807, 2.05) is 31.2 Å². The number of hydrogen-bond donors (Lipinski definition) is 1. The number of carbonyl (C=O) groups is 1. The highest BCUT2D eigenvalue weighted by molar-refractivity contribution is 8.15. The first-order chi connectivity index (χ1) is 7.15. The van der Waals surface area contributed by atoms with Crippen LogP contribution < -0.4 is 5.73 Å². The highest BCUT2D eigenvalue weighted by Crippen LogP contribution is 2.23. The number of aryl methyl sites for hydroxylation is 1. The molecular weight excluding hydrogens is 208 g/mol. The Morgan fingerprint density at radius 1 is 1.40 bits per heavy atom. The molecule has 0 fully saturated rings. The molecule has 1 aliphatic heterocycles. The van der Waals surface area contributed by atoms with Gasteiger partial charge in [-0.05, 0) is 18.9 Å². The Bertz CT molecular complexity index is 411. The van der Waals surface area contributed by atoms with E-state index in [4.69, 9.17) is 5.73 Å². The van der Waals surface area contributed by atoms with E-state index in [2.05, 4.69) is 4.99 Å². The zero-order valence-electron chi connectivity index (χ0n) is 8.43. The maximum Gasteiger partial charge on any atom is 0.261 e. The van der Waals surface area contributed by atoms with Crippen molar-refractivity contribution in [2.45, 2.75) is 18.6 Å². The Morgan fingerprint density at radius 3 is 2.60 bits per heavy atom. The van der Waals surface area contributed by atoms with Gasteiger partial charge >= 0.3 is 0 Å². The molecule has 0 saturated heterocycles. The van der Waals surface area contributed by atoms with Crippen LogP contribution in [0, 0.1) is 6.92 Å². The van der Waals surface area contributed by atoms with Gasteiger partial charge in [-0.2, -0.15) is 4.99 Å². The van der Waals surface area contributed by atoms with Gasteiger partial charge in [-0.1, -0.05) is 41.6 Å². The van der Waals surface area contributed by atoms with Gasteiger partial charge in [-0.3, -0.25) is 4.79 Å². The normalized spacial score (nSPS) is 20.5. The summed E-state index contributed by atoms with van der Waals surface area (Å²) in [6, 6.07) is 8.17. The second-order valence-electron chi connectivity index (χ2n) is 3.58. The van der Waals surface area contributed by atoms with Gasteiger partial charge in [0.2, 0.25) is 0 Å². The second-order valence-corrected chi connectivity index (χ2v) is 4.81. The van der Waals surface area contributed by atoms with Gasteiger partial charge in [-0.25, -0.2) is 0 Å². The number of aliphatic imine (C=N–C) groups is 1. The Balaban J connectivity index is 2.04. The molecule has 15 heavy (non-hydrogen) atoms. The fourth-order valence-electron chi connectivity index (χ4n) is 1.47. The third-order valence-corrected chi connectivity index (χ3v) is 3.29. The second kappa shape index (κ2) is 4.06. The van der Waals surface area contributed by atoms with Crippen LogP contribution in [-0.2, 0) is 11.2 Å². The number of nitrogens with two attached hydrogens (primary N) is 1. The zero-order chi connectivity index (χ0) is 10.8. The first-order valence-corrected chi connectivity index (χ1v) is 5.63. The monoisotopic (exact) mass is 220 g/mol. The summed E-state index contributed by atoms with van der Waals surface area (Å²) < 4.78 is 0. The summed E-state index contributed by atoms with van der Waals surface area (Å²) in [5.74, 6) is -0.113. The summed E-state index contributed by atoms with van der Waals surface area (Å²) in [4.78, 5) is 15.1. The third-order valence-electron chi connectivity index (χ3n) is 2.30. The lowest BCUT2D eigenvalue weighted by atomic mass is 10.1. The summed E-state index contributed by atoms with van der Waals surface area (Å²) in [5, 5.41) is 0.254. The number of amides is 1. The highest BCUT2D eigenvalue weighted by Gasteiger charge is 2.26. The molecule has 1 atom stereocenters. The van der Waals surface area contributed by atoms with E-state index in [1.54, 1.807) is 0 Å². The van der Waals surface area contributed by atoms with Crippen LogP contribution in [-0.4, -0.2) is 16.3 Å². The Kier molecular flexibility index (Phi) is 2.77. The van der Waals surface area contributed by atoms with Crippen LogP contribution in [0.4, 0.5) is 0 Å². The Morgan fingerprint density at radius 2 is 2.07 bits per heavy atom. The first kappa shape index (κ1) is 10.2. The van der Waals surface area contributed by atoms with E-state index >= 15 is 0 Å². The number of amidine groups is 1. The van der Waals surface area contributed by atoms with Gasteiger partial charge in [0.05, 0.1) is 5.25 Å². The van der Waals surface area contributed by atoms with Crippen LogP contribution in [0.25, 0.3) is 0 Å². The molecule has 1 heterocycles. The molecule has 0 aliphatic carbocycles. The average Bonchev–Trinajstić information content (AvgIpc) is 2.49. The largest absolute Gasteiger partial charge is 0.378 e. The fourth-order valence-corrected chi connectivity index (χ4v) is 2.33. The predicted octanol–water partition coefficient (Wildman–Crippen LogP) is 1.49. The first-order valence-electron chi connectivity index (χ1n) is 4.75. The fraction of sp³-hybridized carbons (Fsp3) is 0.273. The van der Waals surface area contributed by atoms with E-state index in [0.717, 1.165) is 5.56 Å². The quantitative estimate of drug-likeness (QED) is 0.821. The summed E-state index contributed by atoms with van der Waals surface area (Å²) in [6.45, 7) is 2.04. The van der Waals surface area contributed by atoms with Crippen molar-refractivity contribution in [2.24, 2.45) is 10.7 Å². The molecule has 1 aromatic rings. The van der Waals surface area contributed by atoms with Crippen molar-refractivity contribution in [2.75, 3.05) is 0 Å². The number of hydrogen-bond acceptors (Lipinski definition) is 3.